The summed E-state index contributed by atoms with van der Waals surface area (Å²) in [5.41, 5.74) is 8.43. The van der Waals surface area contributed by atoms with Crippen molar-refractivity contribution < 1.29 is 27.5 Å². The van der Waals surface area contributed by atoms with Gasteiger partial charge >= 0.3 is 12.4 Å². The number of nitrogens with zero attached hydrogens (tertiary/aromatic N) is 4. The highest BCUT2D eigenvalue weighted by Gasteiger charge is 2.33. The van der Waals surface area contributed by atoms with Gasteiger partial charge in [-0.25, -0.2) is 9.79 Å². The molecule has 2 aliphatic heterocycles. The summed E-state index contributed by atoms with van der Waals surface area (Å²) in [6.07, 6.45) is -0.249. The molecule has 0 aliphatic carbocycles. The Kier molecular flexibility index (Phi) is 10.2. The molecular weight excluding hydrogens is 629 g/mol. The van der Waals surface area contributed by atoms with Crippen LogP contribution >= 0.6 is 11.8 Å². The van der Waals surface area contributed by atoms with E-state index in [4.69, 9.17) is 0 Å². The van der Waals surface area contributed by atoms with Crippen LogP contribution in [0.1, 0.15) is 55.4 Å². The Morgan fingerprint density at radius 1 is 1.11 bits per heavy atom. The molecule has 9 nitrogen and oxygen atoms in total. The molecule has 0 radical (unpaired) electrons. The monoisotopic (exact) mass is 664 g/mol. The van der Waals surface area contributed by atoms with Crippen molar-refractivity contribution in [2.24, 2.45) is 9.98 Å². The number of ether oxygens (including phenoxy) is 1. The Hall–Kier alpha value is -4.78. The van der Waals surface area contributed by atoms with Crippen LogP contribution in [-0.2, 0) is 4.79 Å². The first-order valence-corrected chi connectivity index (χ1v) is 16.0. The number of thioether (sulfide) groups is 1. The van der Waals surface area contributed by atoms with E-state index >= 15 is 0 Å². The smallest absolute Gasteiger partial charge is 0.406 e. The number of hydrazine groups is 1. The molecule has 3 amide bonds. The van der Waals surface area contributed by atoms with Gasteiger partial charge in [0.1, 0.15) is 18.3 Å². The number of carbonyl (C=O) groups excluding carboxylic acids is 2. The maximum atomic E-state index is 12.8. The fourth-order valence-electron chi connectivity index (χ4n) is 5.04. The maximum Gasteiger partial charge on any atom is 0.573 e. The molecule has 5 rings (SSSR count). The number of anilines is 2. The molecule has 47 heavy (non-hydrogen) atoms. The minimum absolute atomic E-state index is 0.0997. The number of alkyl halides is 3. The molecule has 246 valence electrons. The summed E-state index contributed by atoms with van der Waals surface area (Å²) < 4.78 is 41.2. The highest BCUT2D eigenvalue weighted by Crippen LogP contribution is 2.34. The van der Waals surface area contributed by atoms with Crippen molar-refractivity contribution in [3.8, 4) is 5.75 Å². The van der Waals surface area contributed by atoms with E-state index in [-0.39, 0.29) is 29.4 Å². The average molecular weight is 665 g/mol. The van der Waals surface area contributed by atoms with Crippen LogP contribution in [0.15, 0.2) is 82.8 Å². The zero-order valence-electron chi connectivity index (χ0n) is 26.3. The van der Waals surface area contributed by atoms with Crippen LogP contribution in [0.5, 0.6) is 5.75 Å². The second-order valence-corrected chi connectivity index (χ2v) is 12.4. The quantitative estimate of drug-likeness (QED) is 0.248. The topological polar surface area (TPSA) is 98.6 Å². The van der Waals surface area contributed by atoms with E-state index < -0.39 is 12.4 Å². The van der Waals surface area contributed by atoms with Gasteiger partial charge in [-0.15, -0.1) is 13.2 Å². The van der Waals surface area contributed by atoms with Gasteiger partial charge in [-0.3, -0.25) is 20.1 Å². The minimum atomic E-state index is -4.74. The summed E-state index contributed by atoms with van der Waals surface area (Å²) in [5, 5.41) is 4.98. The van der Waals surface area contributed by atoms with Crippen LogP contribution in [0.3, 0.4) is 0 Å². The third kappa shape index (κ3) is 8.73. The van der Waals surface area contributed by atoms with Crippen molar-refractivity contribution >= 4 is 52.2 Å². The second kappa shape index (κ2) is 14.3. The standard InChI is InChI=1S/C34H35F3N6O3S/c1-21(2)28-17-8-22(3)18-29(28)43-30(44)19-47-33(43)40-32(45)39-23(4)6-5-7-24-9-11-25(12-10-24)31-38-20-42(41-31)26-13-15-27(16-14-26)46-34(35,36)37/h5,7-18,21,23H,6,19-20H2,1-4H3,(H,38,41)(H,39,45)/b7-5+,40-33?. The van der Waals surface area contributed by atoms with Gasteiger partial charge in [-0.1, -0.05) is 74.2 Å². The molecule has 13 heteroatoms. The van der Waals surface area contributed by atoms with E-state index in [1.807, 2.05) is 68.5 Å². The van der Waals surface area contributed by atoms with E-state index in [0.717, 1.165) is 27.9 Å². The van der Waals surface area contributed by atoms with Crippen molar-refractivity contribution in [1.82, 2.24) is 10.7 Å². The van der Waals surface area contributed by atoms with E-state index in [0.29, 0.717) is 29.8 Å². The Labute approximate surface area is 275 Å². The van der Waals surface area contributed by atoms with Crippen molar-refractivity contribution in [3.63, 3.8) is 0 Å². The maximum absolute atomic E-state index is 12.8. The molecule has 1 fully saturated rings. The molecule has 1 unspecified atom stereocenters. The van der Waals surface area contributed by atoms with Gasteiger partial charge < -0.3 is 10.1 Å². The van der Waals surface area contributed by atoms with Crippen molar-refractivity contribution in [1.29, 1.82) is 0 Å². The number of benzene rings is 3. The van der Waals surface area contributed by atoms with Crippen molar-refractivity contribution in [3.05, 3.63) is 95.1 Å². The summed E-state index contributed by atoms with van der Waals surface area (Å²) >= 11 is 1.26. The predicted octanol–water partition coefficient (Wildman–Crippen LogP) is 7.38. The number of aryl methyl sites for hydroxylation is 1. The van der Waals surface area contributed by atoms with E-state index in [1.165, 1.54) is 36.0 Å². The molecule has 2 aliphatic rings. The minimum Gasteiger partial charge on any atom is -0.406 e. The summed E-state index contributed by atoms with van der Waals surface area (Å²) in [4.78, 5) is 35.9. The van der Waals surface area contributed by atoms with E-state index in [1.54, 1.807) is 9.91 Å². The number of hydrogen-bond donors (Lipinski definition) is 2. The largest absolute Gasteiger partial charge is 0.573 e. The zero-order chi connectivity index (χ0) is 33.7. The number of hydrogen-bond acceptors (Lipinski definition) is 7. The SMILES string of the molecule is Cc1ccc(C(C)C)c(N2C(=O)CSC2=NC(=O)NC(C)C/C=C/c2ccc(C3=NCN(c4ccc(OC(F)(F)F)cc4)N3)cc2)c1. The van der Waals surface area contributed by atoms with Crippen molar-refractivity contribution in [2.75, 3.05) is 22.3 Å². The molecule has 0 spiro atoms. The molecule has 0 bridgehead atoms. The number of aliphatic imine (C=N–C) groups is 2. The summed E-state index contributed by atoms with van der Waals surface area (Å²) in [6.45, 7) is 8.29. The number of halogens is 3. The molecule has 3 aromatic rings. The second-order valence-electron chi connectivity index (χ2n) is 11.5. The molecule has 1 saturated heterocycles. The third-order valence-electron chi connectivity index (χ3n) is 7.36. The summed E-state index contributed by atoms with van der Waals surface area (Å²) in [7, 11) is 0. The molecular formula is C34H35F3N6O3S. The molecule has 0 saturated carbocycles. The van der Waals surface area contributed by atoms with Crippen LogP contribution in [0, 0.1) is 6.92 Å². The Bertz CT molecular complexity index is 1710. The lowest BCUT2D eigenvalue weighted by atomic mass is 9.99. The Morgan fingerprint density at radius 2 is 1.83 bits per heavy atom. The predicted molar refractivity (Wildman–Crippen MR) is 181 cm³/mol. The molecule has 3 aromatic carbocycles. The Balaban J connectivity index is 1.12. The highest BCUT2D eigenvalue weighted by atomic mass is 32.2. The zero-order valence-corrected chi connectivity index (χ0v) is 27.2. The Morgan fingerprint density at radius 3 is 2.51 bits per heavy atom. The van der Waals surface area contributed by atoms with Crippen LogP contribution < -0.4 is 25.4 Å². The summed E-state index contributed by atoms with van der Waals surface area (Å²) in [6, 6.07) is 18.6. The van der Waals surface area contributed by atoms with Crippen LogP contribution in [0.25, 0.3) is 6.08 Å². The van der Waals surface area contributed by atoms with Gasteiger partial charge in [-0.05, 0) is 73.2 Å². The van der Waals surface area contributed by atoms with E-state index in [9.17, 15) is 22.8 Å². The number of urea groups is 1. The normalized spacial score (nSPS) is 16.6. The molecule has 1 atom stereocenters. The third-order valence-corrected chi connectivity index (χ3v) is 8.28. The highest BCUT2D eigenvalue weighted by molar-refractivity contribution is 8.15. The number of amidine groups is 2. The van der Waals surface area contributed by atoms with Gasteiger partial charge in [0.05, 0.1) is 17.1 Å². The molecule has 2 N–H and O–H groups in total. The summed E-state index contributed by atoms with van der Waals surface area (Å²) in [5.74, 6) is 0.677. The average Bonchev–Trinajstić information content (AvgIpc) is 3.64. The van der Waals surface area contributed by atoms with Crippen LogP contribution in [0.4, 0.5) is 29.3 Å². The van der Waals surface area contributed by atoms with Gasteiger partial charge in [-0.2, -0.15) is 4.99 Å². The number of carbonyl (C=O) groups is 2. The van der Waals surface area contributed by atoms with Gasteiger partial charge in [0.25, 0.3) is 0 Å². The number of rotatable bonds is 9. The molecule has 0 aromatic heterocycles. The lowest BCUT2D eigenvalue weighted by Gasteiger charge is -2.22. The first kappa shape index (κ1) is 33.6. The van der Waals surface area contributed by atoms with E-state index in [2.05, 4.69) is 39.3 Å². The lowest BCUT2D eigenvalue weighted by Crippen LogP contribution is -2.36. The van der Waals surface area contributed by atoms with Gasteiger partial charge in [0.2, 0.25) is 5.91 Å². The van der Waals surface area contributed by atoms with Gasteiger partial charge in [0, 0.05) is 11.6 Å². The van der Waals surface area contributed by atoms with Gasteiger partial charge in [0.15, 0.2) is 5.17 Å². The first-order chi connectivity index (χ1) is 22.4. The first-order valence-electron chi connectivity index (χ1n) is 15.0. The number of nitrogens with one attached hydrogen (secondary N) is 2. The van der Waals surface area contributed by atoms with Crippen molar-refractivity contribution in [2.45, 2.75) is 52.4 Å². The fourth-order valence-corrected chi connectivity index (χ4v) is 5.89. The molecule has 2 heterocycles. The van der Waals surface area contributed by atoms with Crippen LogP contribution in [-0.4, -0.2) is 47.8 Å². The number of amides is 3. The lowest BCUT2D eigenvalue weighted by molar-refractivity contribution is -0.274. The fraction of sp³-hybridized carbons (Fsp3) is 0.294. The van der Waals surface area contributed by atoms with Crippen LogP contribution in [0.2, 0.25) is 0 Å².